The summed E-state index contributed by atoms with van der Waals surface area (Å²) in [5.41, 5.74) is 6.13. The molecule has 1 aliphatic carbocycles. The van der Waals surface area contributed by atoms with Crippen LogP contribution in [0.15, 0.2) is 0 Å². The summed E-state index contributed by atoms with van der Waals surface area (Å²) in [6, 6.07) is 0. The number of hydrogen-bond donors (Lipinski definition) is 1. The Morgan fingerprint density at radius 3 is 2.94 bits per heavy atom. The van der Waals surface area contributed by atoms with Crippen molar-refractivity contribution < 1.29 is 14.3 Å². The second-order valence-electron chi connectivity index (χ2n) is 5.55. The number of carbonyl (C=O) groups excluding carboxylic acids is 1. The Balaban J connectivity index is 1.78. The molecule has 1 heterocycles. The molecule has 104 valence electrons. The molecule has 1 atom stereocenters. The van der Waals surface area contributed by atoms with E-state index in [9.17, 15) is 4.79 Å². The average Bonchev–Trinajstić information content (AvgIpc) is 3.09. The molecule has 2 N–H and O–H groups in total. The van der Waals surface area contributed by atoms with Crippen LogP contribution in [-0.2, 0) is 14.3 Å². The van der Waals surface area contributed by atoms with Crippen LogP contribution in [0.4, 0.5) is 0 Å². The van der Waals surface area contributed by atoms with Crippen LogP contribution in [0.2, 0.25) is 0 Å². The predicted octanol–water partition coefficient (Wildman–Crippen LogP) is 0.379. The van der Waals surface area contributed by atoms with E-state index < -0.39 is 0 Å². The Bertz CT molecular complexity index is 292. The third-order valence-electron chi connectivity index (χ3n) is 4.04. The molecule has 1 aliphatic heterocycles. The maximum atomic E-state index is 11.2. The smallest absolute Gasteiger partial charge is 0.308 e. The summed E-state index contributed by atoms with van der Waals surface area (Å²) in [6.45, 7) is 4.38. The number of esters is 1. The first-order chi connectivity index (χ1) is 8.67. The molecule has 0 amide bonds. The lowest BCUT2D eigenvalue weighted by Gasteiger charge is -2.34. The minimum atomic E-state index is -0.190. The Labute approximate surface area is 109 Å². The summed E-state index contributed by atoms with van der Waals surface area (Å²) in [6.07, 6.45) is 4.05. The van der Waals surface area contributed by atoms with Gasteiger partial charge < -0.3 is 15.2 Å². The molecule has 2 rings (SSSR count). The number of nitrogens with zero attached hydrogens (tertiary/aromatic N) is 1. The summed E-state index contributed by atoms with van der Waals surface area (Å²) < 4.78 is 10.3. The predicted molar refractivity (Wildman–Crippen MR) is 68.2 cm³/mol. The van der Waals surface area contributed by atoms with Crippen molar-refractivity contribution in [1.29, 1.82) is 0 Å². The lowest BCUT2D eigenvalue weighted by atomic mass is 10.0. The highest BCUT2D eigenvalue weighted by atomic mass is 16.5. The van der Waals surface area contributed by atoms with Gasteiger partial charge in [-0.15, -0.1) is 0 Å². The van der Waals surface area contributed by atoms with Crippen LogP contribution < -0.4 is 5.73 Å². The molecular formula is C13H24N2O3. The standard InChI is InChI=1S/C13H24N2O3/c1-17-12(16)8-11-9-15(6-7-18-11)10-13(2-3-13)4-5-14/h11H,2-10,14H2,1H3. The molecule has 2 aliphatic rings. The summed E-state index contributed by atoms with van der Waals surface area (Å²) in [7, 11) is 1.42. The number of ether oxygens (including phenoxy) is 2. The number of methoxy groups -OCH3 is 1. The lowest BCUT2D eigenvalue weighted by Crippen LogP contribution is -2.45. The topological polar surface area (TPSA) is 64.8 Å². The fraction of sp³-hybridized carbons (Fsp3) is 0.923. The van der Waals surface area contributed by atoms with Crippen LogP contribution in [0.5, 0.6) is 0 Å². The van der Waals surface area contributed by atoms with Gasteiger partial charge >= 0.3 is 5.97 Å². The van der Waals surface area contributed by atoms with Crippen LogP contribution in [0, 0.1) is 5.41 Å². The van der Waals surface area contributed by atoms with E-state index in [2.05, 4.69) is 9.64 Å². The fourth-order valence-electron chi connectivity index (χ4n) is 2.76. The third kappa shape index (κ3) is 3.67. The van der Waals surface area contributed by atoms with Crippen LogP contribution in [0.3, 0.4) is 0 Å². The van der Waals surface area contributed by atoms with Gasteiger partial charge in [0.15, 0.2) is 0 Å². The van der Waals surface area contributed by atoms with Crippen molar-refractivity contribution in [2.24, 2.45) is 11.1 Å². The molecule has 5 nitrogen and oxygen atoms in total. The quantitative estimate of drug-likeness (QED) is 0.696. The largest absolute Gasteiger partial charge is 0.469 e. The molecule has 1 unspecified atom stereocenters. The molecule has 0 aromatic carbocycles. The molecule has 2 fully saturated rings. The van der Waals surface area contributed by atoms with Gasteiger partial charge in [0.25, 0.3) is 0 Å². The average molecular weight is 256 g/mol. The van der Waals surface area contributed by atoms with Gasteiger partial charge in [-0.2, -0.15) is 0 Å². The normalized spacial score (nSPS) is 26.9. The van der Waals surface area contributed by atoms with Gasteiger partial charge in [0, 0.05) is 19.6 Å². The molecule has 5 heteroatoms. The van der Waals surface area contributed by atoms with Crippen LogP contribution >= 0.6 is 0 Å². The fourth-order valence-corrected chi connectivity index (χ4v) is 2.76. The Hall–Kier alpha value is -0.650. The third-order valence-corrected chi connectivity index (χ3v) is 4.04. The van der Waals surface area contributed by atoms with Crippen molar-refractivity contribution in [3.05, 3.63) is 0 Å². The van der Waals surface area contributed by atoms with Gasteiger partial charge in [0.2, 0.25) is 0 Å². The zero-order valence-electron chi connectivity index (χ0n) is 11.2. The lowest BCUT2D eigenvalue weighted by molar-refractivity contribution is -0.145. The van der Waals surface area contributed by atoms with E-state index in [1.807, 2.05) is 0 Å². The van der Waals surface area contributed by atoms with Crippen molar-refractivity contribution in [2.45, 2.75) is 31.8 Å². The van der Waals surface area contributed by atoms with Gasteiger partial charge in [-0.3, -0.25) is 9.69 Å². The molecule has 0 radical (unpaired) electrons. The molecule has 18 heavy (non-hydrogen) atoms. The first-order valence-corrected chi connectivity index (χ1v) is 6.78. The van der Waals surface area contributed by atoms with Crippen molar-refractivity contribution in [1.82, 2.24) is 4.90 Å². The first kappa shape index (κ1) is 13.8. The van der Waals surface area contributed by atoms with E-state index in [4.69, 9.17) is 10.5 Å². The summed E-state index contributed by atoms with van der Waals surface area (Å²) in [4.78, 5) is 13.7. The highest BCUT2D eigenvalue weighted by molar-refractivity contribution is 5.69. The maximum absolute atomic E-state index is 11.2. The maximum Gasteiger partial charge on any atom is 0.308 e. The van der Waals surface area contributed by atoms with Gasteiger partial charge in [-0.25, -0.2) is 0 Å². The van der Waals surface area contributed by atoms with Crippen molar-refractivity contribution in [3.63, 3.8) is 0 Å². The number of hydrogen-bond acceptors (Lipinski definition) is 5. The van der Waals surface area contributed by atoms with Crippen LogP contribution in [0.1, 0.15) is 25.7 Å². The Morgan fingerprint density at radius 2 is 2.33 bits per heavy atom. The van der Waals surface area contributed by atoms with Gasteiger partial charge in [0.1, 0.15) is 0 Å². The molecule has 0 aromatic rings. The van der Waals surface area contributed by atoms with E-state index in [0.717, 1.165) is 32.6 Å². The van der Waals surface area contributed by atoms with E-state index in [-0.39, 0.29) is 12.1 Å². The van der Waals surface area contributed by atoms with Gasteiger partial charge in [-0.05, 0) is 31.2 Å². The van der Waals surface area contributed by atoms with Crippen molar-refractivity contribution in [3.8, 4) is 0 Å². The Kier molecular flexibility index (Phi) is 4.59. The highest BCUT2D eigenvalue weighted by Gasteiger charge is 2.43. The van der Waals surface area contributed by atoms with Crippen molar-refractivity contribution in [2.75, 3.05) is 39.9 Å². The second-order valence-corrected chi connectivity index (χ2v) is 5.55. The zero-order valence-corrected chi connectivity index (χ0v) is 11.2. The van der Waals surface area contributed by atoms with Crippen LogP contribution in [-0.4, -0.2) is 56.9 Å². The zero-order chi connectivity index (χ0) is 13.0. The van der Waals surface area contributed by atoms with E-state index in [1.54, 1.807) is 0 Å². The highest BCUT2D eigenvalue weighted by Crippen LogP contribution is 2.49. The van der Waals surface area contributed by atoms with Crippen molar-refractivity contribution >= 4 is 5.97 Å². The minimum Gasteiger partial charge on any atom is -0.469 e. The molecule has 0 aromatic heterocycles. The number of nitrogens with two attached hydrogens (primary N) is 1. The summed E-state index contributed by atoms with van der Waals surface area (Å²) in [5, 5.41) is 0. The van der Waals surface area contributed by atoms with E-state index in [1.165, 1.54) is 20.0 Å². The van der Waals surface area contributed by atoms with Crippen LogP contribution in [0.25, 0.3) is 0 Å². The molecule has 1 saturated carbocycles. The number of morpholine rings is 1. The van der Waals surface area contributed by atoms with Gasteiger partial charge in [0.05, 0.1) is 26.2 Å². The Morgan fingerprint density at radius 1 is 1.56 bits per heavy atom. The monoisotopic (exact) mass is 256 g/mol. The summed E-state index contributed by atoms with van der Waals surface area (Å²) in [5.74, 6) is -0.190. The number of rotatable bonds is 6. The minimum absolute atomic E-state index is 0.0140. The van der Waals surface area contributed by atoms with E-state index >= 15 is 0 Å². The SMILES string of the molecule is COC(=O)CC1CN(CC2(CCN)CC2)CCO1. The van der Waals surface area contributed by atoms with Gasteiger partial charge in [-0.1, -0.05) is 0 Å². The molecular weight excluding hydrogens is 232 g/mol. The molecule has 0 bridgehead atoms. The van der Waals surface area contributed by atoms with E-state index in [0.29, 0.717) is 18.4 Å². The molecule has 0 spiro atoms. The summed E-state index contributed by atoms with van der Waals surface area (Å²) >= 11 is 0. The molecule has 1 saturated heterocycles. The second kappa shape index (κ2) is 5.99. The first-order valence-electron chi connectivity index (χ1n) is 6.78. The number of carbonyl (C=O) groups is 1.